The number of benzene rings is 2. The van der Waals surface area contributed by atoms with Gasteiger partial charge in [0, 0.05) is 30.9 Å². The van der Waals surface area contributed by atoms with E-state index in [4.69, 9.17) is 0 Å². The molecule has 0 bridgehead atoms. The summed E-state index contributed by atoms with van der Waals surface area (Å²) >= 11 is 0. The fourth-order valence-corrected chi connectivity index (χ4v) is 1.99. The SMILES string of the molecule is CN(C)c1ccccc1-c1ccccc1OC(F)(F)F. The number of hydrogen-bond acceptors (Lipinski definition) is 2. The third-order valence-corrected chi connectivity index (χ3v) is 2.79. The molecule has 2 aromatic carbocycles. The summed E-state index contributed by atoms with van der Waals surface area (Å²) in [7, 11) is 3.68. The summed E-state index contributed by atoms with van der Waals surface area (Å²) in [4.78, 5) is 1.85. The van der Waals surface area contributed by atoms with Crippen LogP contribution < -0.4 is 9.64 Å². The molecule has 106 valence electrons. The van der Waals surface area contributed by atoms with E-state index in [-0.39, 0.29) is 5.75 Å². The Morgan fingerprint density at radius 3 is 2.00 bits per heavy atom. The molecule has 0 unspecified atom stereocenters. The van der Waals surface area contributed by atoms with Gasteiger partial charge >= 0.3 is 6.36 Å². The van der Waals surface area contributed by atoms with E-state index in [9.17, 15) is 13.2 Å². The maximum absolute atomic E-state index is 12.5. The highest BCUT2D eigenvalue weighted by Gasteiger charge is 2.32. The lowest BCUT2D eigenvalue weighted by molar-refractivity contribution is -0.274. The van der Waals surface area contributed by atoms with Crippen molar-refractivity contribution in [2.24, 2.45) is 0 Å². The molecule has 0 N–H and O–H groups in total. The van der Waals surface area contributed by atoms with Gasteiger partial charge in [-0.15, -0.1) is 13.2 Å². The molecule has 0 aliphatic carbocycles. The molecule has 0 amide bonds. The fraction of sp³-hybridized carbons (Fsp3) is 0.200. The molecule has 0 fully saturated rings. The lowest BCUT2D eigenvalue weighted by atomic mass is 10.0. The summed E-state index contributed by atoms with van der Waals surface area (Å²) in [5, 5.41) is 0. The number of halogens is 3. The van der Waals surface area contributed by atoms with Crippen LogP contribution >= 0.6 is 0 Å². The first-order chi connectivity index (χ1) is 9.38. The fourth-order valence-electron chi connectivity index (χ4n) is 1.99. The second-order valence-corrected chi connectivity index (χ2v) is 4.46. The smallest absolute Gasteiger partial charge is 0.405 e. The third kappa shape index (κ3) is 3.23. The zero-order chi connectivity index (χ0) is 14.8. The van der Waals surface area contributed by atoms with Crippen LogP contribution in [0.2, 0.25) is 0 Å². The van der Waals surface area contributed by atoms with Crippen LogP contribution in [0.25, 0.3) is 11.1 Å². The second kappa shape index (κ2) is 5.45. The highest BCUT2D eigenvalue weighted by atomic mass is 19.4. The largest absolute Gasteiger partial charge is 0.573 e. The summed E-state index contributed by atoms with van der Waals surface area (Å²) in [6, 6.07) is 13.4. The van der Waals surface area contributed by atoms with E-state index in [1.807, 2.05) is 31.1 Å². The van der Waals surface area contributed by atoms with Crippen molar-refractivity contribution in [3.05, 3.63) is 48.5 Å². The quantitative estimate of drug-likeness (QED) is 0.830. The van der Waals surface area contributed by atoms with Gasteiger partial charge in [0.15, 0.2) is 0 Å². The van der Waals surface area contributed by atoms with Crippen LogP contribution in [0.5, 0.6) is 5.75 Å². The van der Waals surface area contributed by atoms with Crippen LogP contribution in [0.4, 0.5) is 18.9 Å². The monoisotopic (exact) mass is 281 g/mol. The van der Waals surface area contributed by atoms with Crippen LogP contribution in [0.15, 0.2) is 48.5 Å². The minimum absolute atomic E-state index is 0.200. The Hall–Kier alpha value is -2.17. The Bertz CT molecular complexity index is 594. The van der Waals surface area contributed by atoms with Crippen LogP contribution in [0, 0.1) is 0 Å². The Labute approximate surface area is 115 Å². The average molecular weight is 281 g/mol. The van der Waals surface area contributed by atoms with E-state index >= 15 is 0 Å². The van der Waals surface area contributed by atoms with Crippen molar-refractivity contribution in [2.75, 3.05) is 19.0 Å². The van der Waals surface area contributed by atoms with Crippen LogP contribution in [0.3, 0.4) is 0 Å². The van der Waals surface area contributed by atoms with E-state index in [1.165, 1.54) is 12.1 Å². The number of nitrogens with zero attached hydrogens (tertiary/aromatic N) is 1. The van der Waals surface area contributed by atoms with Gasteiger partial charge in [-0.25, -0.2) is 0 Å². The minimum Gasteiger partial charge on any atom is -0.405 e. The highest BCUT2D eigenvalue weighted by molar-refractivity contribution is 5.82. The molecular formula is C15H14F3NO. The van der Waals surface area contributed by atoms with Crippen LogP contribution in [-0.4, -0.2) is 20.5 Å². The van der Waals surface area contributed by atoms with Gasteiger partial charge in [-0.3, -0.25) is 0 Å². The van der Waals surface area contributed by atoms with Gasteiger partial charge in [-0.1, -0.05) is 36.4 Å². The number of anilines is 1. The predicted molar refractivity (Wildman–Crippen MR) is 72.9 cm³/mol. The maximum Gasteiger partial charge on any atom is 0.573 e. The Kier molecular flexibility index (Phi) is 3.88. The molecule has 2 aromatic rings. The topological polar surface area (TPSA) is 12.5 Å². The first-order valence-corrected chi connectivity index (χ1v) is 6.00. The van der Waals surface area contributed by atoms with E-state index in [0.29, 0.717) is 11.1 Å². The van der Waals surface area contributed by atoms with Crippen LogP contribution in [-0.2, 0) is 0 Å². The molecule has 0 heterocycles. The molecule has 0 aliphatic rings. The van der Waals surface area contributed by atoms with Gasteiger partial charge in [-0.05, 0) is 12.1 Å². The van der Waals surface area contributed by atoms with Gasteiger partial charge in [-0.2, -0.15) is 0 Å². The maximum atomic E-state index is 12.5. The Morgan fingerprint density at radius 2 is 1.40 bits per heavy atom. The molecule has 0 radical (unpaired) electrons. The zero-order valence-corrected chi connectivity index (χ0v) is 11.1. The Morgan fingerprint density at radius 1 is 0.850 bits per heavy atom. The van der Waals surface area contributed by atoms with Crippen molar-refractivity contribution in [3.63, 3.8) is 0 Å². The van der Waals surface area contributed by atoms with E-state index in [0.717, 1.165) is 5.69 Å². The molecule has 5 heteroatoms. The summed E-state index contributed by atoms with van der Waals surface area (Å²) < 4.78 is 41.5. The lowest BCUT2D eigenvalue weighted by Gasteiger charge is -2.19. The summed E-state index contributed by atoms with van der Waals surface area (Å²) in [5.41, 5.74) is 1.93. The van der Waals surface area contributed by atoms with Crippen molar-refractivity contribution >= 4 is 5.69 Å². The lowest BCUT2D eigenvalue weighted by Crippen LogP contribution is -2.18. The first kappa shape index (κ1) is 14.2. The Balaban J connectivity index is 2.54. The van der Waals surface area contributed by atoms with Gasteiger partial charge in [0.25, 0.3) is 0 Å². The number of rotatable bonds is 3. The first-order valence-electron chi connectivity index (χ1n) is 6.00. The van der Waals surface area contributed by atoms with E-state index in [2.05, 4.69) is 4.74 Å². The van der Waals surface area contributed by atoms with Gasteiger partial charge in [0.1, 0.15) is 5.75 Å². The highest BCUT2D eigenvalue weighted by Crippen LogP contribution is 2.37. The standard InChI is InChI=1S/C15H14F3NO/c1-19(2)13-9-5-3-7-11(13)12-8-4-6-10-14(12)20-15(16,17)18/h3-10H,1-2H3. The molecule has 2 nitrogen and oxygen atoms in total. The van der Waals surface area contributed by atoms with Gasteiger partial charge < -0.3 is 9.64 Å². The number of para-hydroxylation sites is 2. The molecule has 2 rings (SSSR count). The average Bonchev–Trinajstić information content (AvgIpc) is 2.37. The summed E-state index contributed by atoms with van der Waals surface area (Å²) in [6.45, 7) is 0. The molecule has 0 aromatic heterocycles. The second-order valence-electron chi connectivity index (χ2n) is 4.46. The van der Waals surface area contributed by atoms with Crippen molar-refractivity contribution < 1.29 is 17.9 Å². The minimum atomic E-state index is -4.71. The third-order valence-electron chi connectivity index (χ3n) is 2.79. The normalized spacial score (nSPS) is 11.2. The van der Waals surface area contributed by atoms with Crippen LogP contribution in [0.1, 0.15) is 0 Å². The van der Waals surface area contributed by atoms with E-state index in [1.54, 1.807) is 24.3 Å². The number of hydrogen-bond donors (Lipinski definition) is 0. The predicted octanol–water partition coefficient (Wildman–Crippen LogP) is 4.32. The van der Waals surface area contributed by atoms with Crippen molar-refractivity contribution in [3.8, 4) is 16.9 Å². The van der Waals surface area contributed by atoms with Gasteiger partial charge in [0.05, 0.1) is 0 Å². The molecule has 20 heavy (non-hydrogen) atoms. The van der Waals surface area contributed by atoms with Crippen molar-refractivity contribution in [1.82, 2.24) is 0 Å². The zero-order valence-electron chi connectivity index (χ0n) is 11.1. The molecule has 0 aliphatic heterocycles. The molecular weight excluding hydrogens is 267 g/mol. The van der Waals surface area contributed by atoms with Crippen molar-refractivity contribution in [2.45, 2.75) is 6.36 Å². The molecule has 0 saturated carbocycles. The molecule has 0 spiro atoms. The number of alkyl halides is 3. The van der Waals surface area contributed by atoms with Crippen molar-refractivity contribution in [1.29, 1.82) is 0 Å². The molecule has 0 saturated heterocycles. The molecule has 0 atom stereocenters. The van der Waals surface area contributed by atoms with E-state index < -0.39 is 6.36 Å². The summed E-state index contributed by atoms with van der Waals surface area (Å²) in [6.07, 6.45) is -4.71. The van der Waals surface area contributed by atoms with Gasteiger partial charge in [0.2, 0.25) is 0 Å². The number of ether oxygens (including phenoxy) is 1. The summed E-state index contributed by atoms with van der Waals surface area (Å²) in [5.74, 6) is -0.200.